The van der Waals surface area contributed by atoms with Crippen LogP contribution in [-0.2, 0) is 18.9 Å². The summed E-state index contributed by atoms with van der Waals surface area (Å²) in [5.41, 5.74) is 0.925. The zero-order valence-corrected chi connectivity index (χ0v) is 14.9. The van der Waals surface area contributed by atoms with Crippen LogP contribution in [0.2, 0.25) is 5.15 Å². The van der Waals surface area contributed by atoms with Crippen molar-refractivity contribution >= 4 is 35.4 Å². The molecule has 1 fully saturated rings. The van der Waals surface area contributed by atoms with Crippen molar-refractivity contribution in [3.8, 4) is 5.75 Å². The minimum atomic E-state index is -0.966. The maximum absolute atomic E-state index is 12.2. The van der Waals surface area contributed by atoms with Crippen molar-refractivity contribution in [2.45, 2.75) is 44.8 Å². The number of carbonyl (C=O) groups excluding carboxylic acids is 1. The second kappa shape index (κ2) is 7.12. The van der Waals surface area contributed by atoms with Crippen LogP contribution in [0.1, 0.15) is 33.6 Å². The number of esters is 1. The molecule has 0 atom stereocenters. The van der Waals surface area contributed by atoms with Crippen molar-refractivity contribution in [1.29, 1.82) is 0 Å². The molecule has 2 rings (SSSR count). The molecule has 1 aliphatic carbocycles. The van der Waals surface area contributed by atoms with Crippen LogP contribution >= 0.6 is 23.6 Å². The Morgan fingerprint density at radius 1 is 1.39 bits per heavy atom. The Morgan fingerprint density at radius 3 is 2.61 bits per heavy atom. The molecule has 1 saturated carbocycles. The smallest absolute Gasteiger partial charge is 0.351 e. The van der Waals surface area contributed by atoms with E-state index in [-0.39, 0.29) is 11.1 Å². The first-order valence-electron chi connectivity index (χ1n) is 6.97. The van der Waals surface area contributed by atoms with Crippen molar-refractivity contribution in [3.05, 3.63) is 17.3 Å². The minimum absolute atomic E-state index is 0.109. The predicted molar refractivity (Wildman–Crippen MR) is 87.0 cm³/mol. The molecule has 9 heteroatoms. The summed E-state index contributed by atoms with van der Waals surface area (Å²) in [6, 6.07) is 3.20. The summed E-state index contributed by atoms with van der Waals surface area (Å²) in [5.74, 6) is 0.268. The van der Waals surface area contributed by atoms with E-state index in [0.717, 1.165) is 12.0 Å². The zero-order chi connectivity index (χ0) is 17.1. The molecule has 0 saturated heterocycles. The maximum atomic E-state index is 12.2. The van der Waals surface area contributed by atoms with E-state index in [2.05, 4.69) is 19.8 Å². The van der Waals surface area contributed by atoms with Gasteiger partial charge in [-0.3, -0.25) is 0 Å². The molecule has 0 bridgehead atoms. The van der Waals surface area contributed by atoms with E-state index >= 15 is 0 Å². The topological polar surface area (TPSA) is 78.9 Å². The Bertz CT molecular complexity index is 575. The minimum Gasteiger partial charge on any atom is -0.472 e. The molecule has 0 spiro atoms. The molecule has 128 valence electrons. The van der Waals surface area contributed by atoms with Gasteiger partial charge in [0.05, 0.1) is 0 Å². The number of pyridine rings is 1. The zero-order valence-electron chi connectivity index (χ0n) is 13.3. The second-order valence-corrected chi connectivity index (χ2v) is 6.83. The van der Waals surface area contributed by atoms with Gasteiger partial charge in [0.2, 0.25) is 5.60 Å². The van der Waals surface area contributed by atoms with E-state index in [1.165, 1.54) is 0 Å². The molecule has 1 heterocycles. The Kier molecular flexibility index (Phi) is 5.61. The maximum Gasteiger partial charge on any atom is 0.351 e. The number of nitrogens with one attached hydrogen (secondary N) is 1. The molecule has 1 aromatic heterocycles. The third kappa shape index (κ3) is 5.13. The van der Waals surface area contributed by atoms with Gasteiger partial charge in [0, 0.05) is 31.1 Å². The fraction of sp³-hybridized carbons (Fsp3) is 0.571. The summed E-state index contributed by atoms with van der Waals surface area (Å²) >= 11 is 7.11. The van der Waals surface area contributed by atoms with Gasteiger partial charge in [-0.25, -0.2) is 15.3 Å². The van der Waals surface area contributed by atoms with Gasteiger partial charge >= 0.3 is 5.97 Å². The molecule has 1 aromatic rings. The first-order chi connectivity index (χ1) is 10.8. The quantitative estimate of drug-likeness (QED) is 0.197. The molecular weight excluding hydrogens is 344 g/mol. The third-order valence-corrected chi connectivity index (χ3v) is 3.32. The van der Waals surface area contributed by atoms with Crippen LogP contribution in [0.5, 0.6) is 5.75 Å². The van der Waals surface area contributed by atoms with Crippen molar-refractivity contribution < 1.29 is 23.6 Å². The van der Waals surface area contributed by atoms with Gasteiger partial charge < -0.3 is 9.47 Å². The van der Waals surface area contributed by atoms with E-state index in [0.29, 0.717) is 24.4 Å². The Labute approximate surface area is 144 Å². The Balaban J connectivity index is 2.01. The van der Waals surface area contributed by atoms with Crippen molar-refractivity contribution in [1.82, 2.24) is 4.98 Å². The van der Waals surface area contributed by atoms with E-state index < -0.39 is 11.2 Å². The molecule has 0 aliphatic heterocycles. The van der Waals surface area contributed by atoms with Gasteiger partial charge in [0.25, 0.3) is 0 Å². The van der Waals surface area contributed by atoms with E-state index in [1.807, 2.05) is 20.8 Å². The largest absolute Gasteiger partial charge is 0.472 e. The highest BCUT2D eigenvalue weighted by molar-refractivity contribution is 7.93. The number of nitrogens with zero attached hydrogens (tertiary/aromatic N) is 1. The van der Waals surface area contributed by atoms with Crippen molar-refractivity contribution in [2.24, 2.45) is 0 Å². The first kappa shape index (κ1) is 18.1. The fourth-order valence-corrected chi connectivity index (χ4v) is 1.99. The van der Waals surface area contributed by atoms with Crippen LogP contribution in [0.4, 0.5) is 5.82 Å². The predicted octanol–water partition coefficient (Wildman–Crippen LogP) is 3.54. The number of rotatable bonds is 7. The van der Waals surface area contributed by atoms with Crippen molar-refractivity contribution in [2.75, 3.05) is 11.7 Å². The fourth-order valence-electron chi connectivity index (χ4n) is 1.69. The normalized spacial score (nSPS) is 15.9. The van der Waals surface area contributed by atoms with Gasteiger partial charge in [0.15, 0.2) is 16.7 Å². The first-order valence-corrected chi connectivity index (χ1v) is 8.50. The molecule has 0 unspecified atom stereocenters. The average Bonchev–Trinajstić information content (AvgIpc) is 3.21. The van der Waals surface area contributed by atoms with E-state index in [9.17, 15) is 4.79 Å². The number of carbonyl (C=O) groups is 1. The van der Waals surface area contributed by atoms with Gasteiger partial charge in [-0.1, -0.05) is 11.6 Å². The van der Waals surface area contributed by atoms with Crippen LogP contribution in [0.3, 0.4) is 0 Å². The molecule has 0 amide bonds. The lowest BCUT2D eigenvalue weighted by atomic mass is 10.2. The van der Waals surface area contributed by atoms with Gasteiger partial charge in [-0.05, 0) is 32.9 Å². The molecule has 23 heavy (non-hydrogen) atoms. The average molecular weight is 363 g/mol. The summed E-state index contributed by atoms with van der Waals surface area (Å²) < 4.78 is 15.8. The molecule has 1 N–H and O–H groups in total. The summed E-state index contributed by atoms with van der Waals surface area (Å²) in [4.78, 5) is 20.9. The highest BCUT2D eigenvalue weighted by Crippen LogP contribution is 2.43. The van der Waals surface area contributed by atoms with Crippen LogP contribution in [0, 0.1) is 0 Å². The van der Waals surface area contributed by atoms with Gasteiger partial charge in [-0.15, -0.1) is 9.32 Å². The van der Waals surface area contributed by atoms with Crippen LogP contribution < -0.4 is 10.2 Å². The van der Waals surface area contributed by atoms with Crippen LogP contribution in [-0.4, -0.2) is 28.4 Å². The molecule has 7 nitrogen and oxygen atoms in total. The molecular formula is C14H19ClN2O5S. The van der Waals surface area contributed by atoms with Crippen LogP contribution in [0.15, 0.2) is 12.1 Å². The number of halogens is 1. The van der Waals surface area contributed by atoms with E-state index in [4.69, 9.17) is 21.1 Å². The Hall–Kier alpha value is -1.22. The van der Waals surface area contributed by atoms with Gasteiger partial charge in [0.1, 0.15) is 5.60 Å². The lowest BCUT2D eigenvalue weighted by molar-refractivity contribution is -0.165. The molecule has 1 aliphatic rings. The van der Waals surface area contributed by atoms with Crippen molar-refractivity contribution in [3.63, 3.8) is 0 Å². The number of ether oxygens (including phenoxy) is 2. The Morgan fingerprint density at radius 2 is 2.09 bits per heavy atom. The number of hydrogen-bond acceptors (Lipinski definition) is 8. The number of anilines is 1. The van der Waals surface area contributed by atoms with Gasteiger partial charge in [-0.2, -0.15) is 0 Å². The second-order valence-electron chi connectivity index (χ2n) is 6.00. The molecule has 0 radical (unpaired) electrons. The lowest BCUT2D eigenvalue weighted by Gasteiger charge is -2.24. The summed E-state index contributed by atoms with van der Waals surface area (Å²) in [5, 5.41) is 0.109. The summed E-state index contributed by atoms with van der Waals surface area (Å²) in [7, 11) is 0. The lowest BCUT2D eigenvalue weighted by Crippen LogP contribution is -2.37. The SMILES string of the molecule is CSOONc1ccc(OC2(C(=O)OC(C)(C)C)CC2)c(Cl)n1. The summed E-state index contributed by atoms with van der Waals surface area (Å²) in [6.45, 7) is 5.44. The van der Waals surface area contributed by atoms with E-state index in [1.54, 1.807) is 18.4 Å². The standard InChI is InChI=1S/C14H19ClN2O5S/c1-13(2,3)20-12(18)14(7-8-14)19-9-5-6-10(16-11(9)15)17-21-22-23-4/h5-6H,7-8H2,1-4H3,(H,16,17). The van der Waals surface area contributed by atoms with Crippen LogP contribution in [0.25, 0.3) is 0 Å². The highest BCUT2D eigenvalue weighted by atomic mass is 35.5. The highest BCUT2D eigenvalue weighted by Gasteiger charge is 2.55. The number of aromatic nitrogens is 1. The molecule has 0 aromatic carbocycles. The summed E-state index contributed by atoms with van der Waals surface area (Å²) in [6.07, 6.45) is 2.87. The monoisotopic (exact) mass is 362 g/mol. The third-order valence-electron chi connectivity index (χ3n) is 2.84. The number of hydrogen-bond donors (Lipinski definition) is 1.